The molecular formula is C16H18N4O3. The first-order valence-corrected chi connectivity index (χ1v) is 7.40. The first kappa shape index (κ1) is 15.1. The van der Waals surface area contributed by atoms with Crippen LogP contribution >= 0.6 is 0 Å². The van der Waals surface area contributed by atoms with Gasteiger partial charge in [-0.1, -0.05) is 12.1 Å². The topological polar surface area (TPSA) is 76.5 Å². The van der Waals surface area contributed by atoms with Gasteiger partial charge in [-0.2, -0.15) is 5.10 Å². The number of benzene rings is 1. The van der Waals surface area contributed by atoms with E-state index in [1.807, 2.05) is 24.3 Å². The molecule has 0 fully saturated rings. The Labute approximate surface area is 133 Å². The standard InChI is InChI=1S/C16H18N4O3/c1-11-16(22)20(13-5-3-4-6-14(13)23-11)8-7-15(21)18-12-9-17-19(2)10-12/h3-6,9-11H,7-8H2,1-2H3,(H,18,21)/t11-/m0/s1. The van der Waals surface area contributed by atoms with Gasteiger partial charge in [0.1, 0.15) is 5.75 Å². The van der Waals surface area contributed by atoms with Gasteiger partial charge in [-0.3, -0.25) is 14.3 Å². The number of nitrogens with one attached hydrogen (secondary N) is 1. The molecule has 0 radical (unpaired) electrons. The number of nitrogens with zero attached hydrogens (tertiary/aromatic N) is 3. The third-order valence-electron chi connectivity index (χ3n) is 3.62. The van der Waals surface area contributed by atoms with Crippen molar-refractivity contribution in [3.05, 3.63) is 36.7 Å². The third-order valence-corrected chi connectivity index (χ3v) is 3.62. The number of hydrogen-bond acceptors (Lipinski definition) is 4. The zero-order chi connectivity index (χ0) is 16.4. The molecule has 23 heavy (non-hydrogen) atoms. The van der Waals surface area contributed by atoms with E-state index in [0.717, 1.165) is 0 Å². The Balaban J connectivity index is 1.67. The zero-order valence-electron chi connectivity index (χ0n) is 13.0. The molecule has 0 unspecified atom stereocenters. The lowest BCUT2D eigenvalue weighted by Gasteiger charge is -2.32. The predicted octanol–water partition coefficient (Wildman–Crippen LogP) is 1.56. The minimum atomic E-state index is -0.550. The summed E-state index contributed by atoms with van der Waals surface area (Å²) in [5, 5.41) is 6.75. The van der Waals surface area contributed by atoms with E-state index >= 15 is 0 Å². The van der Waals surface area contributed by atoms with Crippen LogP contribution in [-0.4, -0.2) is 34.2 Å². The summed E-state index contributed by atoms with van der Waals surface area (Å²) in [5.74, 6) is 0.354. The van der Waals surface area contributed by atoms with Crippen molar-refractivity contribution in [3.8, 4) is 5.75 Å². The van der Waals surface area contributed by atoms with Gasteiger partial charge in [0, 0.05) is 26.2 Å². The van der Waals surface area contributed by atoms with Gasteiger partial charge in [-0.25, -0.2) is 0 Å². The molecule has 0 saturated carbocycles. The maximum Gasteiger partial charge on any atom is 0.267 e. The van der Waals surface area contributed by atoms with Crippen molar-refractivity contribution < 1.29 is 14.3 Å². The van der Waals surface area contributed by atoms with Crippen molar-refractivity contribution in [2.75, 3.05) is 16.8 Å². The van der Waals surface area contributed by atoms with Crippen LogP contribution in [0, 0.1) is 0 Å². The molecule has 3 rings (SSSR count). The Morgan fingerprint density at radius 2 is 2.17 bits per heavy atom. The molecule has 1 N–H and O–H groups in total. The van der Waals surface area contributed by atoms with Gasteiger partial charge in [-0.15, -0.1) is 0 Å². The second-order valence-corrected chi connectivity index (χ2v) is 5.42. The van der Waals surface area contributed by atoms with Crippen LogP contribution in [0.2, 0.25) is 0 Å². The number of rotatable bonds is 4. The van der Waals surface area contributed by atoms with Crippen molar-refractivity contribution in [1.29, 1.82) is 0 Å². The first-order valence-electron chi connectivity index (χ1n) is 7.40. The molecule has 7 nitrogen and oxygen atoms in total. The second kappa shape index (κ2) is 6.12. The van der Waals surface area contributed by atoms with Crippen LogP contribution in [0.25, 0.3) is 0 Å². The summed E-state index contributed by atoms with van der Waals surface area (Å²) in [6, 6.07) is 7.34. The number of ether oxygens (including phenoxy) is 1. The highest BCUT2D eigenvalue weighted by atomic mass is 16.5. The molecule has 1 aromatic carbocycles. The van der Waals surface area contributed by atoms with E-state index in [1.54, 1.807) is 35.9 Å². The molecule has 120 valence electrons. The number of anilines is 2. The maximum atomic E-state index is 12.3. The van der Waals surface area contributed by atoms with Gasteiger partial charge in [0.2, 0.25) is 5.91 Å². The predicted molar refractivity (Wildman–Crippen MR) is 85.3 cm³/mol. The van der Waals surface area contributed by atoms with Crippen molar-refractivity contribution in [2.24, 2.45) is 7.05 Å². The summed E-state index contributed by atoms with van der Waals surface area (Å²) in [4.78, 5) is 26.0. The molecule has 7 heteroatoms. The second-order valence-electron chi connectivity index (χ2n) is 5.42. The largest absolute Gasteiger partial charge is 0.479 e. The van der Waals surface area contributed by atoms with Crippen molar-refractivity contribution >= 4 is 23.2 Å². The molecule has 1 aliphatic rings. The molecule has 0 bridgehead atoms. The number of amides is 2. The Kier molecular flexibility index (Phi) is 4.01. The molecule has 0 spiro atoms. The van der Waals surface area contributed by atoms with Gasteiger partial charge >= 0.3 is 0 Å². The van der Waals surface area contributed by atoms with Crippen molar-refractivity contribution in [3.63, 3.8) is 0 Å². The van der Waals surface area contributed by atoms with Crippen LogP contribution in [0.1, 0.15) is 13.3 Å². The monoisotopic (exact) mass is 314 g/mol. The molecule has 1 atom stereocenters. The lowest BCUT2D eigenvalue weighted by Crippen LogP contribution is -2.45. The van der Waals surface area contributed by atoms with E-state index in [0.29, 0.717) is 23.7 Å². The summed E-state index contributed by atoms with van der Waals surface area (Å²) in [6.07, 6.45) is 2.94. The fourth-order valence-corrected chi connectivity index (χ4v) is 2.51. The van der Waals surface area contributed by atoms with Gasteiger partial charge in [0.15, 0.2) is 6.10 Å². The van der Waals surface area contributed by atoms with E-state index in [9.17, 15) is 9.59 Å². The highest BCUT2D eigenvalue weighted by Crippen LogP contribution is 2.33. The van der Waals surface area contributed by atoms with E-state index in [4.69, 9.17) is 4.74 Å². The molecule has 1 aliphatic heterocycles. The van der Waals surface area contributed by atoms with Gasteiger partial charge < -0.3 is 15.0 Å². The summed E-state index contributed by atoms with van der Waals surface area (Å²) >= 11 is 0. The SMILES string of the molecule is C[C@@H]1Oc2ccccc2N(CCC(=O)Nc2cnn(C)c2)C1=O. The van der Waals surface area contributed by atoms with Crippen LogP contribution in [0.5, 0.6) is 5.75 Å². The fraction of sp³-hybridized carbons (Fsp3) is 0.312. The highest BCUT2D eigenvalue weighted by Gasteiger charge is 2.31. The molecule has 0 saturated heterocycles. The number of carbonyl (C=O) groups is 2. The smallest absolute Gasteiger partial charge is 0.267 e. The van der Waals surface area contributed by atoms with Crippen LogP contribution in [0.3, 0.4) is 0 Å². The molecule has 2 amide bonds. The number of hydrogen-bond donors (Lipinski definition) is 1. The molecule has 2 heterocycles. The summed E-state index contributed by atoms with van der Waals surface area (Å²) in [5.41, 5.74) is 1.34. The number of aryl methyl sites for hydroxylation is 1. The Hall–Kier alpha value is -2.83. The lowest BCUT2D eigenvalue weighted by molar-refractivity contribution is -0.125. The summed E-state index contributed by atoms with van der Waals surface area (Å²) < 4.78 is 7.19. The minimum absolute atomic E-state index is 0.141. The fourth-order valence-electron chi connectivity index (χ4n) is 2.51. The Morgan fingerprint density at radius 1 is 1.39 bits per heavy atom. The van der Waals surface area contributed by atoms with E-state index in [1.165, 1.54) is 0 Å². The van der Waals surface area contributed by atoms with Crippen LogP contribution in [0.4, 0.5) is 11.4 Å². The number of fused-ring (bicyclic) bond motifs is 1. The normalized spacial score (nSPS) is 16.7. The van der Waals surface area contributed by atoms with Crippen LogP contribution in [0.15, 0.2) is 36.7 Å². The number of aromatic nitrogens is 2. The number of para-hydroxylation sites is 2. The molecular weight excluding hydrogens is 296 g/mol. The molecule has 0 aliphatic carbocycles. The maximum absolute atomic E-state index is 12.3. The third kappa shape index (κ3) is 3.18. The number of carbonyl (C=O) groups excluding carboxylic acids is 2. The summed E-state index contributed by atoms with van der Waals surface area (Å²) in [6.45, 7) is 2.01. The Bertz CT molecular complexity index is 740. The van der Waals surface area contributed by atoms with Crippen LogP contribution < -0.4 is 15.0 Å². The van der Waals surface area contributed by atoms with Crippen LogP contribution in [-0.2, 0) is 16.6 Å². The van der Waals surface area contributed by atoms with Gasteiger partial charge in [0.25, 0.3) is 5.91 Å². The van der Waals surface area contributed by atoms with Gasteiger partial charge in [0.05, 0.1) is 17.6 Å². The average Bonchev–Trinajstić information content (AvgIpc) is 2.93. The van der Waals surface area contributed by atoms with E-state index < -0.39 is 6.10 Å². The molecule has 2 aromatic rings. The molecule has 1 aromatic heterocycles. The highest BCUT2D eigenvalue weighted by molar-refractivity contribution is 6.00. The average molecular weight is 314 g/mol. The Morgan fingerprint density at radius 3 is 2.91 bits per heavy atom. The van der Waals surface area contributed by atoms with Gasteiger partial charge in [-0.05, 0) is 19.1 Å². The van der Waals surface area contributed by atoms with E-state index in [2.05, 4.69) is 10.4 Å². The van der Waals surface area contributed by atoms with Crippen molar-refractivity contribution in [2.45, 2.75) is 19.4 Å². The quantitative estimate of drug-likeness (QED) is 0.929. The first-order chi connectivity index (χ1) is 11.0. The lowest BCUT2D eigenvalue weighted by atomic mass is 10.1. The minimum Gasteiger partial charge on any atom is -0.479 e. The zero-order valence-corrected chi connectivity index (χ0v) is 13.0. The van der Waals surface area contributed by atoms with Crippen molar-refractivity contribution in [1.82, 2.24) is 9.78 Å². The van der Waals surface area contributed by atoms with E-state index in [-0.39, 0.29) is 18.2 Å². The summed E-state index contributed by atoms with van der Waals surface area (Å²) in [7, 11) is 1.78.